The Morgan fingerprint density at radius 1 is 1.25 bits per heavy atom. The van der Waals surface area contributed by atoms with Crippen LogP contribution in [-0.2, 0) is 24.1 Å². The number of carboxylic acids is 1. The number of aliphatic carboxylic acids is 1. The molecule has 0 saturated carbocycles. The lowest BCUT2D eigenvalue weighted by Gasteiger charge is -2.08. The normalized spacial score (nSPS) is 16.6. The van der Waals surface area contributed by atoms with Crippen molar-refractivity contribution in [3.05, 3.63) is 35.0 Å². The maximum atomic E-state index is 10.9. The van der Waals surface area contributed by atoms with E-state index in [0.29, 0.717) is 6.42 Å². The molecule has 4 nitrogen and oxygen atoms in total. The van der Waals surface area contributed by atoms with Crippen LogP contribution < -0.4 is 5.73 Å². The summed E-state index contributed by atoms with van der Waals surface area (Å²) in [5.41, 5.74) is 10.6. The number of hydrogen-bond acceptors (Lipinski definition) is 2. The van der Waals surface area contributed by atoms with Crippen LogP contribution in [0, 0.1) is 0 Å². The van der Waals surface area contributed by atoms with E-state index < -0.39 is 12.0 Å². The predicted molar refractivity (Wildman–Crippen MR) is 78.9 cm³/mol. The van der Waals surface area contributed by atoms with Crippen molar-refractivity contribution >= 4 is 16.9 Å². The van der Waals surface area contributed by atoms with Gasteiger partial charge in [-0.25, -0.2) is 0 Å². The van der Waals surface area contributed by atoms with Crippen LogP contribution in [0.15, 0.2) is 18.3 Å². The zero-order valence-electron chi connectivity index (χ0n) is 11.5. The Balaban J connectivity index is 1.99. The molecule has 0 saturated heterocycles. The third-order valence-corrected chi connectivity index (χ3v) is 4.24. The molecule has 0 spiro atoms. The molecule has 1 aliphatic carbocycles. The van der Waals surface area contributed by atoms with Gasteiger partial charge in [-0.3, -0.25) is 4.79 Å². The molecule has 1 unspecified atom stereocenters. The van der Waals surface area contributed by atoms with Gasteiger partial charge in [-0.05, 0) is 54.5 Å². The first-order chi connectivity index (χ1) is 9.65. The quantitative estimate of drug-likeness (QED) is 0.751. The van der Waals surface area contributed by atoms with Crippen LogP contribution >= 0.6 is 0 Å². The molecule has 3 rings (SSSR count). The Labute approximate surface area is 118 Å². The van der Waals surface area contributed by atoms with Gasteiger partial charge in [0.05, 0.1) is 0 Å². The molecule has 0 bridgehead atoms. The summed E-state index contributed by atoms with van der Waals surface area (Å²) in [5.74, 6) is -0.950. The lowest BCUT2D eigenvalue weighted by atomic mass is 9.98. The van der Waals surface area contributed by atoms with E-state index in [1.165, 1.54) is 30.4 Å². The molecular formula is C16H20N2O2. The molecule has 1 aromatic carbocycles. The first kappa shape index (κ1) is 13.2. The number of nitrogens with two attached hydrogens (primary N) is 1. The molecule has 4 N–H and O–H groups in total. The number of hydrogen-bond donors (Lipinski definition) is 3. The van der Waals surface area contributed by atoms with Gasteiger partial charge in [-0.1, -0.05) is 6.42 Å². The fraction of sp³-hybridized carbons (Fsp3) is 0.438. The van der Waals surface area contributed by atoms with Crippen molar-refractivity contribution < 1.29 is 9.90 Å². The fourth-order valence-electron chi connectivity index (χ4n) is 3.08. The zero-order chi connectivity index (χ0) is 14.1. The number of aromatic amines is 1. The minimum absolute atomic E-state index is 0.369. The van der Waals surface area contributed by atoms with E-state index in [1.807, 2.05) is 6.20 Å². The van der Waals surface area contributed by atoms with E-state index in [0.717, 1.165) is 29.3 Å². The highest BCUT2D eigenvalue weighted by Crippen LogP contribution is 2.28. The summed E-state index contributed by atoms with van der Waals surface area (Å²) in [5, 5.41) is 10.1. The Morgan fingerprint density at radius 3 is 2.65 bits per heavy atom. The van der Waals surface area contributed by atoms with Gasteiger partial charge in [0.25, 0.3) is 0 Å². The van der Waals surface area contributed by atoms with Crippen LogP contribution in [0.2, 0.25) is 0 Å². The van der Waals surface area contributed by atoms with Crippen LogP contribution in [-0.4, -0.2) is 22.1 Å². The number of carbonyl (C=O) groups is 1. The van der Waals surface area contributed by atoms with E-state index in [4.69, 9.17) is 10.8 Å². The molecule has 1 aromatic heterocycles. The van der Waals surface area contributed by atoms with Crippen molar-refractivity contribution in [1.82, 2.24) is 4.98 Å². The van der Waals surface area contributed by atoms with Gasteiger partial charge in [-0.15, -0.1) is 0 Å². The highest BCUT2D eigenvalue weighted by Gasteiger charge is 2.16. The fourth-order valence-corrected chi connectivity index (χ4v) is 3.08. The standard InChI is InChI=1S/C16H20N2O2/c17-14(16(19)20)7-12-9-18-15-8-11-5-3-1-2-4-10(11)6-13(12)15/h6,8-9,14,18H,1-5,7,17H2,(H,19,20). The zero-order valence-corrected chi connectivity index (χ0v) is 11.5. The summed E-state index contributed by atoms with van der Waals surface area (Å²) < 4.78 is 0. The largest absolute Gasteiger partial charge is 0.480 e. The molecule has 106 valence electrons. The molecule has 0 amide bonds. The van der Waals surface area contributed by atoms with Gasteiger partial charge in [-0.2, -0.15) is 0 Å². The average Bonchev–Trinajstić information content (AvgIpc) is 2.66. The Bertz CT molecular complexity index is 645. The van der Waals surface area contributed by atoms with E-state index in [-0.39, 0.29) is 0 Å². The van der Waals surface area contributed by atoms with Crippen molar-refractivity contribution in [2.75, 3.05) is 0 Å². The topological polar surface area (TPSA) is 79.1 Å². The van der Waals surface area contributed by atoms with Crippen molar-refractivity contribution in [3.63, 3.8) is 0 Å². The molecule has 0 radical (unpaired) electrons. The van der Waals surface area contributed by atoms with Gasteiger partial charge >= 0.3 is 5.97 Å². The summed E-state index contributed by atoms with van der Waals surface area (Å²) in [4.78, 5) is 14.2. The number of aryl methyl sites for hydroxylation is 2. The smallest absolute Gasteiger partial charge is 0.320 e. The number of carboxylic acid groups (broad SMARTS) is 1. The second-order valence-electron chi connectivity index (χ2n) is 5.69. The van der Waals surface area contributed by atoms with Gasteiger partial charge < -0.3 is 15.8 Å². The van der Waals surface area contributed by atoms with Crippen molar-refractivity contribution in [2.45, 2.75) is 44.6 Å². The maximum Gasteiger partial charge on any atom is 0.320 e. The molecule has 1 aliphatic rings. The molecule has 1 heterocycles. The number of rotatable bonds is 3. The third kappa shape index (κ3) is 2.43. The van der Waals surface area contributed by atoms with Crippen molar-refractivity contribution in [2.24, 2.45) is 5.73 Å². The summed E-state index contributed by atoms with van der Waals surface area (Å²) in [6.45, 7) is 0. The predicted octanol–water partition coefficient (Wildman–Crippen LogP) is 2.39. The number of nitrogens with one attached hydrogen (secondary N) is 1. The van der Waals surface area contributed by atoms with E-state index in [1.54, 1.807) is 0 Å². The Morgan fingerprint density at radius 2 is 1.95 bits per heavy atom. The average molecular weight is 272 g/mol. The van der Waals surface area contributed by atoms with Gasteiger partial charge in [0, 0.05) is 23.5 Å². The SMILES string of the molecule is NC(Cc1c[nH]c2cc3c(cc12)CCCCC3)C(=O)O. The van der Waals surface area contributed by atoms with Crippen LogP contribution in [0.4, 0.5) is 0 Å². The van der Waals surface area contributed by atoms with E-state index in [2.05, 4.69) is 17.1 Å². The van der Waals surface area contributed by atoms with E-state index >= 15 is 0 Å². The van der Waals surface area contributed by atoms with Gasteiger partial charge in [0.15, 0.2) is 0 Å². The number of benzene rings is 1. The third-order valence-electron chi connectivity index (χ3n) is 4.24. The minimum atomic E-state index is -0.950. The Hall–Kier alpha value is -1.81. The molecule has 2 aromatic rings. The van der Waals surface area contributed by atoms with Crippen LogP contribution in [0.1, 0.15) is 36.0 Å². The van der Waals surface area contributed by atoms with Gasteiger partial charge in [0.2, 0.25) is 0 Å². The van der Waals surface area contributed by atoms with Crippen LogP contribution in [0.25, 0.3) is 10.9 Å². The number of aromatic nitrogens is 1. The molecule has 1 atom stereocenters. The van der Waals surface area contributed by atoms with Crippen molar-refractivity contribution in [3.8, 4) is 0 Å². The first-order valence-electron chi connectivity index (χ1n) is 7.25. The lowest BCUT2D eigenvalue weighted by molar-refractivity contribution is -0.138. The second-order valence-corrected chi connectivity index (χ2v) is 5.69. The lowest BCUT2D eigenvalue weighted by Crippen LogP contribution is -2.32. The highest BCUT2D eigenvalue weighted by molar-refractivity contribution is 5.86. The molecule has 0 fully saturated rings. The monoisotopic (exact) mass is 272 g/mol. The van der Waals surface area contributed by atoms with Gasteiger partial charge in [0.1, 0.15) is 6.04 Å². The van der Waals surface area contributed by atoms with Crippen LogP contribution in [0.3, 0.4) is 0 Å². The summed E-state index contributed by atoms with van der Waals surface area (Å²) in [6, 6.07) is 3.62. The summed E-state index contributed by atoms with van der Waals surface area (Å²) in [7, 11) is 0. The molecular weight excluding hydrogens is 252 g/mol. The van der Waals surface area contributed by atoms with Crippen molar-refractivity contribution in [1.29, 1.82) is 0 Å². The molecule has 20 heavy (non-hydrogen) atoms. The first-order valence-corrected chi connectivity index (χ1v) is 7.25. The number of fused-ring (bicyclic) bond motifs is 2. The molecule has 4 heteroatoms. The second kappa shape index (κ2) is 5.29. The molecule has 0 aliphatic heterocycles. The van der Waals surface area contributed by atoms with E-state index in [9.17, 15) is 4.79 Å². The highest BCUT2D eigenvalue weighted by atomic mass is 16.4. The summed E-state index contributed by atoms with van der Waals surface area (Å²) in [6.07, 6.45) is 8.33. The van der Waals surface area contributed by atoms with Crippen LogP contribution in [0.5, 0.6) is 0 Å². The maximum absolute atomic E-state index is 10.9. The minimum Gasteiger partial charge on any atom is -0.480 e. The summed E-state index contributed by atoms with van der Waals surface area (Å²) >= 11 is 0. The Kier molecular flexibility index (Phi) is 3.49. The number of H-pyrrole nitrogens is 1.